The number of nitrogens with zero attached hydrogens (tertiary/aromatic N) is 3. The smallest absolute Gasteiger partial charge is 0.274 e. The van der Waals surface area contributed by atoms with Crippen LogP contribution in [0.1, 0.15) is 22.5 Å². The van der Waals surface area contributed by atoms with Gasteiger partial charge in [-0.15, -0.1) is 0 Å². The Labute approximate surface area is 130 Å². The van der Waals surface area contributed by atoms with Crippen LogP contribution in [0, 0.1) is 0 Å². The van der Waals surface area contributed by atoms with E-state index in [2.05, 4.69) is 22.1 Å². The Kier molecular flexibility index (Phi) is 4.75. The highest BCUT2D eigenvalue weighted by atomic mass is 16.5. The van der Waals surface area contributed by atoms with Crippen molar-refractivity contribution in [2.75, 3.05) is 19.7 Å². The first kappa shape index (κ1) is 14.7. The van der Waals surface area contributed by atoms with Crippen molar-refractivity contribution >= 4 is 5.91 Å². The molecule has 3 rings (SSSR count). The molecule has 0 bridgehead atoms. The van der Waals surface area contributed by atoms with Crippen molar-refractivity contribution < 1.29 is 9.53 Å². The van der Waals surface area contributed by atoms with E-state index in [-0.39, 0.29) is 12.0 Å². The van der Waals surface area contributed by atoms with Gasteiger partial charge >= 0.3 is 0 Å². The molecule has 1 aromatic carbocycles. The molecule has 5 nitrogen and oxygen atoms in total. The highest BCUT2D eigenvalue weighted by molar-refractivity contribution is 5.92. The Morgan fingerprint density at radius 2 is 2.14 bits per heavy atom. The molecule has 1 fully saturated rings. The normalized spacial score (nSPS) is 18.2. The quantitative estimate of drug-likeness (QED) is 0.865. The molecule has 0 spiro atoms. The number of morpholine rings is 1. The van der Waals surface area contributed by atoms with Crippen LogP contribution in [0.3, 0.4) is 0 Å². The Morgan fingerprint density at radius 3 is 2.91 bits per heavy atom. The first-order chi connectivity index (χ1) is 10.8. The highest BCUT2D eigenvalue weighted by Gasteiger charge is 2.25. The summed E-state index contributed by atoms with van der Waals surface area (Å²) in [6.07, 6.45) is 6.57. The van der Waals surface area contributed by atoms with Crippen molar-refractivity contribution in [3.63, 3.8) is 0 Å². The maximum Gasteiger partial charge on any atom is 0.274 e. The molecule has 0 unspecified atom stereocenters. The molecule has 1 aliphatic rings. The number of benzene rings is 1. The van der Waals surface area contributed by atoms with E-state index in [1.54, 1.807) is 12.4 Å². The predicted octanol–water partition coefficient (Wildman–Crippen LogP) is 1.95. The number of rotatable bonds is 4. The van der Waals surface area contributed by atoms with Crippen LogP contribution >= 0.6 is 0 Å². The third-order valence-corrected chi connectivity index (χ3v) is 3.81. The van der Waals surface area contributed by atoms with Gasteiger partial charge < -0.3 is 9.64 Å². The molecule has 0 N–H and O–H groups in total. The van der Waals surface area contributed by atoms with Crippen molar-refractivity contribution in [2.24, 2.45) is 0 Å². The third-order valence-electron chi connectivity index (χ3n) is 3.81. The molecule has 1 saturated heterocycles. The van der Waals surface area contributed by atoms with Crippen molar-refractivity contribution in [3.05, 3.63) is 60.2 Å². The Morgan fingerprint density at radius 1 is 1.27 bits per heavy atom. The maximum absolute atomic E-state index is 12.4. The zero-order chi connectivity index (χ0) is 15.2. The fourth-order valence-electron chi connectivity index (χ4n) is 2.62. The van der Waals surface area contributed by atoms with E-state index in [1.165, 1.54) is 11.8 Å². The SMILES string of the molecule is O=C(c1cnccn1)N1CCO[C@H](CCc2ccccc2)C1. The molecule has 22 heavy (non-hydrogen) atoms. The predicted molar refractivity (Wildman–Crippen MR) is 82.4 cm³/mol. The summed E-state index contributed by atoms with van der Waals surface area (Å²) in [6.45, 7) is 1.80. The molecule has 1 aromatic heterocycles. The fraction of sp³-hybridized carbons (Fsp3) is 0.353. The van der Waals surface area contributed by atoms with E-state index < -0.39 is 0 Å². The van der Waals surface area contributed by atoms with Gasteiger partial charge in [0.05, 0.1) is 18.9 Å². The summed E-state index contributed by atoms with van der Waals surface area (Å²) in [5.41, 5.74) is 1.69. The van der Waals surface area contributed by atoms with Crippen molar-refractivity contribution in [1.82, 2.24) is 14.9 Å². The summed E-state index contributed by atoms with van der Waals surface area (Å²) < 4.78 is 5.79. The summed E-state index contributed by atoms with van der Waals surface area (Å²) in [5.74, 6) is -0.0684. The maximum atomic E-state index is 12.4. The first-order valence-electron chi connectivity index (χ1n) is 7.54. The lowest BCUT2D eigenvalue weighted by molar-refractivity contribution is -0.0248. The van der Waals surface area contributed by atoms with Gasteiger partial charge in [0, 0.05) is 25.5 Å². The number of carbonyl (C=O) groups is 1. The minimum absolute atomic E-state index is 0.0684. The summed E-state index contributed by atoms with van der Waals surface area (Å²) in [7, 11) is 0. The molecule has 1 aliphatic heterocycles. The number of hydrogen-bond acceptors (Lipinski definition) is 4. The Balaban J connectivity index is 1.56. The molecular formula is C17H19N3O2. The average molecular weight is 297 g/mol. The van der Waals surface area contributed by atoms with Gasteiger partial charge in [0.2, 0.25) is 0 Å². The molecule has 2 aromatic rings. The van der Waals surface area contributed by atoms with Gasteiger partial charge in [-0.25, -0.2) is 4.98 Å². The Bertz CT molecular complexity index is 604. The summed E-state index contributed by atoms with van der Waals surface area (Å²) in [6, 6.07) is 10.3. The Hall–Kier alpha value is -2.27. The van der Waals surface area contributed by atoms with Gasteiger partial charge in [0.25, 0.3) is 5.91 Å². The van der Waals surface area contributed by atoms with Crippen LogP contribution in [0.15, 0.2) is 48.9 Å². The molecule has 0 radical (unpaired) electrons. The number of aryl methyl sites for hydroxylation is 1. The number of hydrogen-bond donors (Lipinski definition) is 0. The van der Waals surface area contributed by atoms with Gasteiger partial charge in [0.15, 0.2) is 0 Å². The molecule has 0 aliphatic carbocycles. The first-order valence-corrected chi connectivity index (χ1v) is 7.54. The summed E-state index contributed by atoms with van der Waals surface area (Å²) in [4.78, 5) is 22.2. The minimum atomic E-state index is -0.0684. The molecule has 1 atom stereocenters. The second-order valence-corrected chi connectivity index (χ2v) is 5.36. The molecule has 5 heteroatoms. The number of carbonyl (C=O) groups excluding carboxylic acids is 1. The van der Waals surface area contributed by atoms with E-state index in [4.69, 9.17) is 4.74 Å². The van der Waals surface area contributed by atoms with Crippen LogP contribution < -0.4 is 0 Å². The lowest BCUT2D eigenvalue weighted by Crippen LogP contribution is -2.46. The van der Waals surface area contributed by atoms with Gasteiger partial charge in [-0.3, -0.25) is 9.78 Å². The largest absolute Gasteiger partial charge is 0.375 e. The number of aromatic nitrogens is 2. The van der Waals surface area contributed by atoms with Crippen LogP contribution in [0.2, 0.25) is 0 Å². The second-order valence-electron chi connectivity index (χ2n) is 5.36. The topological polar surface area (TPSA) is 55.3 Å². The lowest BCUT2D eigenvalue weighted by atomic mass is 10.1. The van der Waals surface area contributed by atoms with E-state index in [9.17, 15) is 4.79 Å². The van der Waals surface area contributed by atoms with E-state index >= 15 is 0 Å². The molecular weight excluding hydrogens is 278 g/mol. The zero-order valence-corrected chi connectivity index (χ0v) is 12.4. The van der Waals surface area contributed by atoms with Gasteiger partial charge in [-0.1, -0.05) is 30.3 Å². The van der Waals surface area contributed by atoms with E-state index in [0.717, 1.165) is 12.8 Å². The fourth-order valence-corrected chi connectivity index (χ4v) is 2.62. The monoisotopic (exact) mass is 297 g/mol. The van der Waals surface area contributed by atoms with Gasteiger partial charge in [-0.05, 0) is 18.4 Å². The zero-order valence-electron chi connectivity index (χ0n) is 12.4. The van der Waals surface area contributed by atoms with Crippen molar-refractivity contribution in [2.45, 2.75) is 18.9 Å². The molecule has 1 amide bonds. The van der Waals surface area contributed by atoms with Crippen LogP contribution in [-0.2, 0) is 11.2 Å². The third kappa shape index (κ3) is 3.68. The average Bonchev–Trinajstić information content (AvgIpc) is 2.61. The van der Waals surface area contributed by atoms with Crippen molar-refractivity contribution in [1.29, 1.82) is 0 Å². The minimum Gasteiger partial charge on any atom is -0.375 e. The molecule has 114 valence electrons. The highest BCUT2D eigenvalue weighted by Crippen LogP contribution is 2.14. The molecule has 0 saturated carbocycles. The standard InChI is InChI=1S/C17H19N3O2/c21-17(16-12-18-8-9-19-16)20-10-11-22-15(13-20)7-6-14-4-2-1-3-5-14/h1-5,8-9,12,15H,6-7,10-11,13H2/t15-/m1/s1. The summed E-state index contributed by atoms with van der Waals surface area (Å²) >= 11 is 0. The van der Waals surface area contributed by atoms with Crippen LogP contribution in [0.5, 0.6) is 0 Å². The van der Waals surface area contributed by atoms with Gasteiger partial charge in [0.1, 0.15) is 5.69 Å². The van der Waals surface area contributed by atoms with Crippen molar-refractivity contribution in [3.8, 4) is 0 Å². The van der Waals surface area contributed by atoms with E-state index in [0.29, 0.717) is 25.4 Å². The van der Waals surface area contributed by atoms with Gasteiger partial charge in [-0.2, -0.15) is 0 Å². The van der Waals surface area contributed by atoms with Crippen LogP contribution in [0.25, 0.3) is 0 Å². The number of ether oxygens (including phenoxy) is 1. The van der Waals surface area contributed by atoms with Crippen LogP contribution in [0.4, 0.5) is 0 Å². The van der Waals surface area contributed by atoms with Crippen LogP contribution in [-0.4, -0.2) is 46.6 Å². The van der Waals surface area contributed by atoms with E-state index in [1.807, 2.05) is 23.1 Å². The summed E-state index contributed by atoms with van der Waals surface area (Å²) in [5, 5.41) is 0. The molecule has 2 heterocycles. The lowest BCUT2D eigenvalue weighted by Gasteiger charge is -2.32. The number of amides is 1. The second kappa shape index (κ2) is 7.13.